The second-order valence-electron chi connectivity index (χ2n) is 9.54. The number of carbonyl (C=O) groups excluding carboxylic acids is 2. The SMILES string of the molecule is CC(C)(C)OC(=O)NC(C)(C)C(=O)N[C@H](COCc1ccccc1)c1nnnn1CCCC(=O)O. The van der Waals surface area contributed by atoms with Crippen LogP contribution in [0.3, 0.4) is 0 Å². The second kappa shape index (κ2) is 12.2. The van der Waals surface area contributed by atoms with Gasteiger partial charge in [-0.1, -0.05) is 30.3 Å². The van der Waals surface area contributed by atoms with E-state index >= 15 is 0 Å². The molecule has 12 nitrogen and oxygen atoms in total. The molecule has 0 spiro atoms. The van der Waals surface area contributed by atoms with Crippen molar-refractivity contribution in [2.45, 2.75) is 77.8 Å². The molecule has 0 saturated carbocycles. The lowest BCUT2D eigenvalue weighted by atomic mass is 10.0. The van der Waals surface area contributed by atoms with Crippen molar-refractivity contribution in [3.05, 3.63) is 41.7 Å². The summed E-state index contributed by atoms with van der Waals surface area (Å²) in [5.41, 5.74) is -1.09. The fourth-order valence-corrected chi connectivity index (χ4v) is 3.00. The molecule has 2 amide bonds. The van der Waals surface area contributed by atoms with Crippen LogP contribution in [-0.4, -0.2) is 61.0 Å². The summed E-state index contributed by atoms with van der Waals surface area (Å²) in [6, 6.07) is 8.76. The maximum Gasteiger partial charge on any atom is 0.408 e. The molecule has 192 valence electrons. The minimum absolute atomic E-state index is 0.0441. The molecule has 2 aromatic rings. The zero-order valence-corrected chi connectivity index (χ0v) is 20.8. The predicted octanol–water partition coefficient (Wildman–Crippen LogP) is 2.22. The van der Waals surface area contributed by atoms with Crippen molar-refractivity contribution in [3.8, 4) is 0 Å². The van der Waals surface area contributed by atoms with Crippen molar-refractivity contribution in [2.24, 2.45) is 0 Å². The molecule has 1 atom stereocenters. The van der Waals surface area contributed by atoms with Crippen molar-refractivity contribution in [1.29, 1.82) is 0 Å². The summed E-state index contributed by atoms with van der Waals surface area (Å²) in [5, 5.41) is 26.0. The zero-order valence-electron chi connectivity index (χ0n) is 20.8. The van der Waals surface area contributed by atoms with Crippen LogP contribution in [0.25, 0.3) is 0 Å². The smallest absolute Gasteiger partial charge is 0.408 e. The molecule has 0 aliphatic heterocycles. The molecular weight excluding hydrogens is 456 g/mol. The third-order valence-corrected chi connectivity index (χ3v) is 4.71. The Morgan fingerprint density at radius 3 is 2.43 bits per heavy atom. The number of nitrogens with one attached hydrogen (secondary N) is 2. The topological polar surface area (TPSA) is 158 Å². The number of carboxylic acids is 1. The predicted molar refractivity (Wildman–Crippen MR) is 125 cm³/mol. The summed E-state index contributed by atoms with van der Waals surface area (Å²) in [6.07, 6.45) is -0.466. The van der Waals surface area contributed by atoms with Gasteiger partial charge in [0.15, 0.2) is 5.82 Å². The highest BCUT2D eigenvalue weighted by atomic mass is 16.6. The second-order valence-corrected chi connectivity index (χ2v) is 9.54. The molecule has 1 heterocycles. The van der Waals surface area contributed by atoms with Gasteiger partial charge in [0.25, 0.3) is 0 Å². The fraction of sp³-hybridized carbons (Fsp3) is 0.565. The number of rotatable bonds is 12. The van der Waals surface area contributed by atoms with Gasteiger partial charge >= 0.3 is 12.1 Å². The van der Waals surface area contributed by atoms with E-state index in [4.69, 9.17) is 14.6 Å². The number of nitrogens with zero attached hydrogens (tertiary/aromatic N) is 4. The number of tetrazole rings is 1. The lowest BCUT2D eigenvalue weighted by molar-refractivity contribution is -0.137. The summed E-state index contributed by atoms with van der Waals surface area (Å²) in [4.78, 5) is 36.2. The summed E-state index contributed by atoms with van der Waals surface area (Å²) in [7, 11) is 0. The van der Waals surface area contributed by atoms with Crippen molar-refractivity contribution in [1.82, 2.24) is 30.8 Å². The third kappa shape index (κ3) is 9.69. The number of hydrogen-bond donors (Lipinski definition) is 3. The van der Waals surface area contributed by atoms with Gasteiger partial charge in [-0.2, -0.15) is 0 Å². The molecular formula is C23H34N6O6. The van der Waals surface area contributed by atoms with Crippen LogP contribution in [0.5, 0.6) is 0 Å². The highest BCUT2D eigenvalue weighted by molar-refractivity contribution is 5.89. The number of aliphatic carboxylic acids is 1. The van der Waals surface area contributed by atoms with Crippen LogP contribution < -0.4 is 10.6 Å². The van der Waals surface area contributed by atoms with Crippen molar-refractivity contribution >= 4 is 18.0 Å². The number of ether oxygens (including phenoxy) is 2. The number of benzene rings is 1. The first-order valence-corrected chi connectivity index (χ1v) is 11.3. The Hall–Kier alpha value is -3.54. The van der Waals surface area contributed by atoms with Crippen LogP contribution >= 0.6 is 0 Å². The normalized spacial score (nSPS) is 12.6. The largest absolute Gasteiger partial charge is 0.481 e. The Balaban J connectivity index is 2.14. The first-order chi connectivity index (χ1) is 16.4. The Labute approximate surface area is 204 Å². The molecule has 3 N–H and O–H groups in total. The molecule has 0 radical (unpaired) electrons. The van der Waals surface area contributed by atoms with Gasteiger partial charge in [-0.25, -0.2) is 9.48 Å². The number of carboxylic acid groups (broad SMARTS) is 1. The van der Waals surface area contributed by atoms with Crippen LogP contribution in [0.15, 0.2) is 30.3 Å². The number of aryl methyl sites for hydroxylation is 1. The number of aromatic nitrogens is 4. The van der Waals surface area contributed by atoms with E-state index in [1.807, 2.05) is 30.3 Å². The average Bonchev–Trinajstić information content (AvgIpc) is 3.20. The highest BCUT2D eigenvalue weighted by Gasteiger charge is 2.34. The van der Waals surface area contributed by atoms with E-state index in [0.29, 0.717) is 18.9 Å². The minimum atomic E-state index is -1.32. The summed E-state index contributed by atoms with van der Waals surface area (Å²) in [6.45, 7) is 8.86. The summed E-state index contributed by atoms with van der Waals surface area (Å²) < 4.78 is 12.5. The number of carbonyl (C=O) groups is 3. The van der Waals surface area contributed by atoms with Gasteiger partial charge < -0.3 is 25.2 Å². The van der Waals surface area contributed by atoms with Crippen molar-refractivity contribution in [3.63, 3.8) is 0 Å². The molecule has 1 aromatic heterocycles. The van der Waals surface area contributed by atoms with Gasteiger partial charge in [-0.05, 0) is 57.0 Å². The zero-order chi connectivity index (χ0) is 26.1. The minimum Gasteiger partial charge on any atom is -0.481 e. The van der Waals surface area contributed by atoms with Gasteiger partial charge in [0.2, 0.25) is 5.91 Å². The molecule has 0 fully saturated rings. The van der Waals surface area contributed by atoms with E-state index in [1.54, 1.807) is 34.6 Å². The van der Waals surface area contributed by atoms with E-state index in [-0.39, 0.29) is 19.6 Å². The Bertz CT molecular complexity index is 986. The van der Waals surface area contributed by atoms with Gasteiger partial charge in [-0.3, -0.25) is 9.59 Å². The molecule has 0 aliphatic rings. The monoisotopic (exact) mass is 490 g/mol. The van der Waals surface area contributed by atoms with Gasteiger partial charge in [0.05, 0.1) is 13.2 Å². The van der Waals surface area contributed by atoms with Gasteiger partial charge in [-0.15, -0.1) is 5.10 Å². The van der Waals surface area contributed by atoms with Gasteiger partial charge in [0.1, 0.15) is 17.2 Å². The van der Waals surface area contributed by atoms with Gasteiger partial charge in [0, 0.05) is 13.0 Å². The maximum atomic E-state index is 13.1. The van der Waals surface area contributed by atoms with Crippen LogP contribution in [0.2, 0.25) is 0 Å². The highest BCUT2D eigenvalue weighted by Crippen LogP contribution is 2.15. The quantitative estimate of drug-likeness (QED) is 0.406. The molecule has 12 heteroatoms. The van der Waals surface area contributed by atoms with E-state index in [9.17, 15) is 14.4 Å². The van der Waals surface area contributed by atoms with Crippen LogP contribution in [-0.2, 0) is 32.2 Å². The summed E-state index contributed by atoms with van der Waals surface area (Å²) in [5.74, 6) is -1.12. The molecule has 0 saturated heterocycles. The van der Waals surface area contributed by atoms with E-state index < -0.39 is 35.2 Å². The maximum absolute atomic E-state index is 13.1. The first-order valence-electron chi connectivity index (χ1n) is 11.3. The van der Waals surface area contributed by atoms with E-state index in [2.05, 4.69) is 26.2 Å². The Morgan fingerprint density at radius 2 is 1.80 bits per heavy atom. The molecule has 0 unspecified atom stereocenters. The standard InChI is InChI=1S/C23H34N6O6/c1-22(2,3)35-21(33)25-23(4,5)20(32)24-17(15-34-14-16-10-7-6-8-11-16)19-26-27-28-29(19)13-9-12-18(30)31/h6-8,10-11,17H,9,12-15H2,1-5H3,(H,24,32)(H,25,33)(H,30,31)/t17-/m1/s1. The Kier molecular flexibility index (Phi) is 9.69. The van der Waals surface area contributed by atoms with Crippen molar-refractivity contribution < 1.29 is 29.0 Å². The molecule has 0 aliphatic carbocycles. The number of amides is 2. The lowest BCUT2D eigenvalue weighted by Crippen LogP contribution is -2.56. The molecule has 2 rings (SSSR count). The fourth-order valence-electron chi connectivity index (χ4n) is 3.00. The van der Waals surface area contributed by atoms with Crippen LogP contribution in [0.4, 0.5) is 4.79 Å². The summed E-state index contributed by atoms with van der Waals surface area (Å²) >= 11 is 0. The van der Waals surface area contributed by atoms with E-state index in [0.717, 1.165) is 5.56 Å². The van der Waals surface area contributed by atoms with E-state index in [1.165, 1.54) is 4.68 Å². The molecule has 35 heavy (non-hydrogen) atoms. The Morgan fingerprint density at radius 1 is 1.11 bits per heavy atom. The van der Waals surface area contributed by atoms with Crippen LogP contribution in [0.1, 0.15) is 64.9 Å². The van der Waals surface area contributed by atoms with Crippen molar-refractivity contribution in [2.75, 3.05) is 6.61 Å². The molecule has 0 bridgehead atoms. The lowest BCUT2D eigenvalue weighted by Gasteiger charge is -2.29. The third-order valence-electron chi connectivity index (χ3n) is 4.71. The number of alkyl carbamates (subject to hydrolysis) is 1. The first kappa shape index (κ1) is 27.7. The van der Waals surface area contributed by atoms with Crippen LogP contribution in [0, 0.1) is 0 Å². The number of hydrogen-bond acceptors (Lipinski definition) is 8. The average molecular weight is 491 g/mol. The molecule has 1 aromatic carbocycles.